The van der Waals surface area contributed by atoms with Crippen molar-refractivity contribution in [3.05, 3.63) is 58.9 Å². The lowest BCUT2D eigenvalue weighted by Gasteiger charge is -2.37. The highest BCUT2D eigenvalue weighted by Gasteiger charge is 2.30. The number of halogens is 2. The van der Waals surface area contributed by atoms with E-state index in [-0.39, 0.29) is 5.82 Å². The lowest BCUT2D eigenvalue weighted by atomic mass is 9.76. The zero-order chi connectivity index (χ0) is 14.8. The van der Waals surface area contributed by atoms with E-state index < -0.39 is 0 Å². The Labute approximate surface area is 128 Å². The normalized spacial score (nSPS) is 20.7. The Hall–Kier alpha value is -1.74. The summed E-state index contributed by atoms with van der Waals surface area (Å²) in [5, 5.41) is 4.15. The van der Waals surface area contributed by atoms with Crippen molar-refractivity contribution < 1.29 is 9.13 Å². The predicted octanol–water partition coefficient (Wildman–Crippen LogP) is 4.85. The third-order valence-corrected chi connectivity index (χ3v) is 4.24. The van der Waals surface area contributed by atoms with Gasteiger partial charge in [-0.05, 0) is 54.7 Å². The van der Waals surface area contributed by atoms with E-state index >= 15 is 0 Å². The number of benzene rings is 2. The number of nitrogens with one attached hydrogen (secondary N) is 1. The van der Waals surface area contributed by atoms with Crippen LogP contribution in [0, 0.1) is 5.82 Å². The van der Waals surface area contributed by atoms with Gasteiger partial charge in [-0.2, -0.15) is 0 Å². The van der Waals surface area contributed by atoms with Gasteiger partial charge in [0.05, 0.1) is 12.8 Å². The highest BCUT2D eigenvalue weighted by atomic mass is 35.5. The molecule has 1 aliphatic carbocycles. The van der Waals surface area contributed by atoms with Crippen molar-refractivity contribution in [2.24, 2.45) is 0 Å². The van der Waals surface area contributed by atoms with Crippen LogP contribution in [0.4, 0.5) is 10.1 Å². The molecular formula is C17H17ClFNO. The summed E-state index contributed by atoms with van der Waals surface area (Å²) >= 11 is 6.03. The molecule has 1 N–H and O–H groups in total. The summed E-state index contributed by atoms with van der Waals surface area (Å²) in [6.07, 6.45) is 2.06. The van der Waals surface area contributed by atoms with Crippen LogP contribution in [0.1, 0.15) is 24.3 Å². The number of ether oxygens (including phenoxy) is 1. The highest BCUT2D eigenvalue weighted by molar-refractivity contribution is 6.30. The van der Waals surface area contributed by atoms with Gasteiger partial charge in [-0.1, -0.05) is 23.7 Å². The zero-order valence-corrected chi connectivity index (χ0v) is 12.5. The van der Waals surface area contributed by atoms with Gasteiger partial charge in [-0.25, -0.2) is 4.39 Å². The third-order valence-electron chi connectivity index (χ3n) is 4.00. The summed E-state index contributed by atoms with van der Waals surface area (Å²) < 4.78 is 18.3. The minimum absolute atomic E-state index is 0.184. The maximum absolute atomic E-state index is 12.9. The van der Waals surface area contributed by atoms with Gasteiger partial charge < -0.3 is 10.1 Å². The fourth-order valence-electron chi connectivity index (χ4n) is 2.76. The molecule has 3 rings (SSSR count). The topological polar surface area (TPSA) is 21.3 Å². The summed E-state index contributed by atoms with van der Waals surface area (Å²) in [6.45, 7) is 0. The number of hydrogen-bond acceptors (Lipinski definition) is 2. The minimum atomic E-state index is -0.184. The van der Waals surface area contributed by atoms with Gasteiger partial charge in [0.1, 0.15) is 11.6 Å². The fourth-order valence-corrected chi connectivity index (χ4v) is 2.93. The number of hydrogen-bond donors (Lipinski definition) is 1. The Morgan fingerprint density at radius 3 is 2.52 bits per heavy atom. The first-order chi connectivity index (χ1) is 10.2. The van der Waals surface area contributed by atoms with Crippen LogP contribution in [0.3, 0.4) is 0 Å². The first kappa shape index (κ1) is 14.2. The van der Waals surface area contributed by atoms with E-state index in [1.807, 2.05) is 30.3 Å². The number of anilines is 1. The quantitative estimate of drug-likeness (QED) is 0.872. The molecule has 2 nitrogen and oxygen atoms in total. The molecule has 2 aromatic rings. The summed E-state index contributed by atoms with van der Waals surface area (Å²) in [4.78, 5) is 0. The molecule has 0 bridgehead atoms. The van der Waals surface area contributed by atoms with Gasteiger partial charge in [0, 0.05) is 11.1 Å². The number of rotatable bonds is 4. The van der Waals surface area contributed by atoms with Crippen molar-refractivity contribution in [1.29, 1.82) is 0 Å². The van der Waals surface area contributed by atoms with Crippen molar-refractivity contribution in [3.63, 3.8) is 0 Å². The largest absolute Gasteiger partial charge is 0.495 e. The Morgan fingerprint density at radius 1 is 1.14 bits per heavy atom. The molecule has 1 saturated carbocycles. The van der Waals surface area contributed by atoms with Gasteiger partial charge in [0.25, 0.3) is 0 Å². The third kappa shape index (κ3) is 3.13. The first-order valence-corrected chi connectivity index (χ1v) is 7.39. The average Bonchev–Trinajstić information content (AvgIpc) is 2.44. The van der Waals surface area contributed by atoms with Gasteiger partial charge in [-0.3, -0.25) is 0 Å². The summed E-state index contributed by atoms with van der Waals surface area (Å²) in [7, 11) is 1.65. The van der Waals surface area contributed by atoms with E-state index in [2.05, 4.69) is 5.32 Å². The van der Waals surface area contributed by atoms with Crippen LogP contribution in [-0.4, -0.2) is 13.2 Å². The van der Waals surface area contributed by atoms with Crippen LogP contribution in [0.25, 0.3) is 0 Å². The van der Waals surface area contributed by atoms with Crippen molar-refractivity contribution in [2.75, 3.05) is 12.4 Å². The molecule has 0 unspecified atom stereocenters. The molecule has 0 aromatic heterocycles. The van der Waals surface area contributed by atoms with E-state index in [1.165, 1.54) is 17.7 Å². The molecular weight excluding hydrogens is 289 g/mol. The highest BCUT2D eigenvalue weighted by Crippen LogP contribution is 2.40. The van der Waals surface area contributed by atoms with Crippen molar-refractivity contribution in [2.45, 2.75) is 24.8 Å². The molecule has 1 fully saturated rings. The second-order valence-electron chi connectivity index (χ2n) is 5.41. The molecule has 0 amide bonds. The van der Waals surface area contributed by atoms with E-state index in [9.17, 15) is 4.39 Å². The lowest BCUT2D eigenvalue weighted by Crippen LogP contribution is -2.34. The molecule has 0 atom stereocenters. The molecule has 0 radical (unpaired) electrons. The van der Waals surface area contributed by atoms with Crippen molar-refractivity contribution in [3.8, 4) is 5.75 Å². The predicted molar refractivity (Wildman–Crippen MR) is 83.8 cm³/mol. The molecule has 21 heavy (non-hydrogen) atoms. The smallest absolute Gasteiger partial charge is 0.142 e. The van der Waals surface area contributed by atoms with E-state index in [0.717, 1.165) is 24.3 Å². The average molecular weight is 306 g/mol. The van der Waals surface area contributed by atoms with E-state index in [1.54, 1.807) is 7.11 Å². The van der Waals surface area contributed by atoms with Crippen LogP contribution in [-0.2, 0) is 0 Å². The molecule has 0 heterocycles. The van der Waals surface area contributed by atoms with Crippen LogP contribution >= 0.6 is 11.6 Å². The maximum Gasteiger partial charge on any atom is 0.142 e. The summed E-state index contributed by atoms with van der Waals surface area (Å²) in [5.74, 6) is 1.11. The number of methoxy groups -OCH3 is 1. The van der Waals surface area contributed by atoms with Gasteiger partial charge in [0.15, 0.2) is 0 Å². The minimum Gasteiger partial charge on any atom is -0.495 e. The van der Waals surface area contributed by atoms with Crippen LogP contribution in [0.15, 0.2) is 42.5 Å². The first-order valence-electron chi connectivity index (χ1n) is 7.01. The second-order valence-corrected chi connectivity index (χ2v) is 5.84. The van der Waals surface area contributed by atoms with E-state index in [4.69, 9.17) is 16.3 Å². The van der Waals surface area contributed by atoms with Gasteiger partial charge >= 0.3 is 0 Å². The molecule has 0 aliphatic heterocycles. The molecule has 110 valence electrons. The van der Waals surface area contributed by atoms with Crippen LogP contribution in [0.5, 0.6) is 5.75 Å². The molecule has 4 heteroatoms. The Morgan fingerprint density at radius 2 is 1.86 bits per heavy atom. The van der Waals surface area contributed by atoms with Crippen molar-refractivity contribution >= 4 is 17.3 Å². The summed E-state index contributed by atoms with van der Waals surface area (Å²) in [6, 6.07) is 12.7. The lowest BCUT2D eigenvalue weighted by molar-refractivity contribution is 0.370. The monoisotopic (exact) mass is 305 g/mol. The fraction of sp³-hybridized carbons (Fsp3) is 0.294. The molecule has 1 aliphatic rings. The van der Waals surface area contributed by atoms with Crippen molar-refractivity contribution in [1.82, 2.24) is 0 Å². The van der Waals surface area contributed by atoms with Gasteiger partial charge in [0.2, 0.25) is 0 Å². The van der Waals surface area contributed by atoms with Gasteiger partial charge in [-0.15, -0.1) is 0 Å². The zero-order valence-electron chi connectivity index (χ0n) is 11.8. The Bertz CT molecular complexity index is 623. The molecule has 2 aromatic carbocycles. The Kier molecular flexibility index (Phi) is 4.02. The second kappa shape index (κ2) is 5.94. The maximum atomic E-state index is 12.9. The SMILES string of the molecule is COc1ccc(Cl)cc1NC1CC(c2ccc(F)cc2)C1. The standard InChI is InChI=1S/C17H17ClFNO/c1-21-17-7-4-13(18)10-16(17)20-15-8-12(9-15)11-2-5-14(19)6-3-11/h2-7,10,12,15,20H,8-9H2,1H3. The van der Waals surface area contributed by atoms with E-state index in [0.29, 0.717) is 17.0 Å². The molecule has 0 saturated heterocycles. The molecule has 0 spiro atoms. The van der Waals surface area contributed by atoms with Crippen LogP contribution in [0.2, 0.25) is 5.02 Å². The van der Waals surface area contributed by atoms with Crippen LogP contribution < -0.4 is 10.1 Å². The summed E-state index contributed by atoms with van der Waals surface area (Å²) in [5.41, 5.74) is 2.13. The Balaban J connectivity index is 1.62.